The quantitative estimate of drug-likeness (QED) is 0.841. The van der Waals surface area contributed by atoms with E-state index in [-0.39, 0.29) is 11.7 Å². The first-order valence-electron chi connectivity index (χ1n) is 6.90. The molecule has 2 aromatic rings. The van der Waals surface area contributed by atoms with Crippen molar-refractivity contribution >= 4 is 10.0 Å². The van der Waals surface area contributed by atoms with Gasteiger partial charge >= 0.3 is 6.18 Å². The summed E-state index contributed by atoms with van der Waals surface area (Å²) in [7, 11) is -4.15. The molecule has 11 heteroatoms. The molecule has 130 valence electrons. The van der Waals surface area contributed by atoms with Crippen LogP contribution in [-0.4, -0.2) is 29.4 Å². The Morgan fingerprint density at radius 1 is 1.29 bits per heavy atom. The van der Waals surface area contributed by atoms with Crippen LogP contribution in [0.15, 0.2) is 23.1 Å². The molecule has 1 fully saturated rings. The highest BCUT2D eigenvalue weighted by Crippen LogP contribution is 2.39. The van der Waals surface area contributed by atoms with Crippen LogP contribution in [0.1, 0.15) is 30.4 Å². The van der Waals surface area contributed by atoms with Gasteiger partial charge in [-0.25, -0.2) is 27.6 Å². The predicted octanol–water partition coefficient (Wildman–Crippen LogP) is 2.04. The highest BCUT2D eigenvalue weighted by Gasteiger charge is 2.35. The van der Waals surface area contributed by atoms with Crippen LogP contribution in [0.2, 0.25) is 0 Å². The number of halogens is 4. The molecule has 6 nitrogen and oxygen atoms in total. The first-order valence-corrected chi connectivity index (χ1v) is 8.44. The molecule has 1 aromatic heterocycles. The van der Waals surface area contributed by atoms with Gasteiger partial charge in [-0.2, -0.15) is 18.3 Å². The van der Waals surface area contributed by atoms with Crippen molar-refractivity contribution in [3.05, 3.63) is 35.7 Å². The number of nitrogens with two attached hydrogens (primary N) is 1. The van der Waals surface area contributed by atoms with Crippen molar-refractivity contribution in [3.8, 4) is 5.69 Å². The first-order chi connectivity index (χ1) is 11.0. The van der Waals surface area contributed by atoms with Crippen molar-refractivity contribution in [1.82, 2.24) is 14.8 Å². The van der Waals surface area contributed by atoms with E-state index >= 15 is 0 Å². The number of primary sulfonamides is 1. The topological polar surface area (TPSA) is 90.9 Å². The maximum atomic E-state index is 14.1. The van der Waals surface area contributed by atoms with Crippen molar-refractivity contribution in [2.24, 2.45) is 5.14 Å². The minimum Gasteiger partial charge on any atom is -0.225 e. The van der Waals surface area contributed by atoms with Gasteiger partial charge < -0.3 is 0 Å². The number of hydrogen-bond donors (Lipinski definition) is 1. The molecule has 1 heterocycles. The molecule has 1 aliphatic carbocycles. The molecule has 0 unspecified atom stereocenters. The molecule has 24 heavy (non-hydrogen) atoms. The van der Waals surface area contributed by atoms with E-state index in [1.807, 2.05) is 0 Å². The highest BCUT2D eigenvalue weighted by atomic mass is 32.2. The summed E-state index contributed by atoms with van der Waals surface area (Å²) in [4.78, 5) is 3.42. The van der Waals surface area contributed by atoms with Crippen LogP contribution in [0.3, 0.4) is 0 Å². The molecule has 0 amide bonds. The Hall–Kier alpha value is -2.01. The largest absolute Gasteiger partial charge is 0.396 e. The fraction of sp³-hybridized carbons (Fsp3) is 0.385. The normalized spacial score (nSPS) is 15.7. The summed E-state index contributed by atoms with van der Waals surface area (Å²) >= 11 is 0. The molecule has 0 spiro atoms. The zero-order valence-corrected chi connectivity index (χ0v) is 12.9. The van der Waals surface area contributed by atoms with E-state index in [0.717, 1.165) is 31.0 Å². The van der Waals surface area contributed by atoms with Gasteiger partial charge in [-0.05, 0) is 31.0 Å². The van der Waals surface area contributed by atoms with Crippen LogP contribution >= 0.6 is 0 Å². The van der Waals surface area contributed by atoms with Crippen LogP contribution in [0.5, 0.6) is 0 Å². The summed E-state index contributed by atoms with van der Waals surface area (Å²) in [5.41, 5.74) is -0.444. The summed E-state index contributed by atoms with van der Waals surface area (Å²) in [6, 6.07) is 2.58. The standard InChI is InChI=1S/C13H12F4N4O2S/c14-9-4-3-8(24(18,22)23)5-10(9)21-11(6-13(15,16)17)19-12(20-21)7-1-2-7/h3-5,7H,1-2,6H2,(H2,18,22,23). The molecular formula is C13H12F4N4O2S. The van der Waals surface area contributed by atoms with Gasteiger partial charge in [0, 0.05) is 5.92 Å². The number of rotatable bonds is 4. The Bertz CT molecular complexity index is 888. The van der Waals surface area contributed by atoms with Crippen LogP contribution in [0.4, 0.5) is 17.6 Å². The Morgan fingerprint density at radius 3 is 2.50 bits per heavy atom. The second-order valence-electron chi connectivity index (χ2n) is 5.52. The lowest BCUT2D eigenvalue weighted by Crippen LogP contribution is -2.17. The second-order valence-corrected chi connectivity index (χ2v) is 7.08. The van der Waals surface area contributed by atoms with Gasteiger partial charge in [-0.3, -0.25) is 0 Å². The lowest BCUT2D eigenvalue weighted by atomic mass is 10.3. The summed E-state index contributed by atoms with van der Waals surface area (Å²) in [5.74, 6) is -1.30. The van der Waals surface area contributed by atoms with Crippen LogP contribution < -0.4 is 5.14 Å². The van der Waals surface area contributed by atoms with Crippen LogP contribution in [0.25, 0.3) is 5.69 Å². The van der Waals surface area contributed by atoms with Crippen LogP contribution in [0, 0.1) is 5.82 Å². The monoisotopic (exact) mass is 364 g/mol. The van der Waals surface area contributed by atoms with Crippen molar-refractivity contribution in [1.29, 1.82) is 0 Å². The van der Waals surface area contributed by atoms with E-state index in [1.54, 1.807) is 0 Å². The summed E-state index contributed by atoms with van der Waals surface area (Å²) in [6.45, 7) is 0. The maximum absolute atomic E-state index is 14.1. The molecular weight excluding hydrogens is 352 g/mol. The Balaban J connectivity index is 2.14. The fourth-order valence-electron chi connectivity index (χ4n) is 2.19. The molecule has 0 aliphatic heterocycles. The molecule has 1 saturated carbocycles. The molecule has 1 aliphatic rings. The lowest BCUT2D eigenvalue weighted by molar-refractivity contribution is -0.128. The van der Waals surface area contributed by atoms with Gasteiger partial charge in [0.15, 0.2) is 5.82 Å². The van der Waals surface area contributed by atoms with E-state index in [4.69, 9.17) is 5.14 Å². The van der Waals surface area contributed by atoms with Gasteiger partial charge in [-0.1, -0.05) is 0 Å². The summed E-state index contributed by atoms with van der Waals surface area (Å²) in [5, 5.41) is 8.92. The SMILES string of the molecule is NS(=O)(=O)c1ccc(F)c(-n2nc(C3CC3)nc2CC(F)(F)F)c1. The second kappa shape index (κ2) is 5.52. The third kappa shape index (κ3) is 3.56. The number of sulfonamides is 1. The Kier molecular flexibility index (Phi) is 3.87. The zero-order chi connectivity index (χ0) is 17.7. The number of hydrogen-bond acceptors (Lipinski definition) is 4. The smallest absolute Gasteiger partial charge is 0.225 e. The molecule has 0 saturated heterocycles. The molecule has 0 radical (unpaired) electrons. The van der Waals surface area contributed by atoms with Gasteiger partial charge in [0.1, 0.15) is 23.7 Å². The maximum Gasteiger partial charge on any atom is 0.396 e. The Morgan fingerprint density at radius 2 is 1.96 bits per heavy atom. The molecule has 1 aromatic carbocycles. The van der Waals surface area contributed by atoms with Gasteiger partial charge in [-0.15, -0.1) is 0 Å². The van der Waals surface area contributed by atoms with E-state index < -0.39 is 44.8 Å². The van der Waals surface area contributed by atoms with E-state index in [1.165, 1.54) is 0 Å². The van der Waals surface area contributed by atoms with Gasteiger partial charge in [0.05, 0.1) is 4.90 Å². The highest BCUT2D eigenvalue weighted by molar-refractivity contribution is 7.89. The van der Waals surface area contributed by atoms with E-state index in [0.29, 0.717) is 4.68 Å². The molecule has 3 rings (SSSR count). The average Bonchev–Trinajstić information content (AvgIpc) is 3.19. The minimum absolute atomic E-state index is 0.0530. The summed E-state index contributed by atoms with van der Waals surface area (Å²) in [6.07, 6.45) is -4.49. The molecule has 0 bridgehead atoms. The number of aromatic nitrogens is 3. The number of nitrogens with zero attached hydrogens (tertiary/aromatic N) is 3. The third-order valence-electron chi connectivity index (χ3n) is 3.47. The number of benzene rings is 1. The fourth-order valence-corrected chi connectivity index (χ4v) is 2.73. The lowest BCUT2D eigenvalue weighted by Gasteiger charge is -2.10. The van der Waals surface area contributed by atoms with E-state index in [2.05, 4.69) is 10.1 Å². The van der Waals surface area contributed by atoms with Crippen molar-refractivity contribution in [2.45, 2.75) is 36.3 Å². The first kappa shape index (κ1) is 16.8. The molecule has 2 N–H and O–H groups in total. The van der Waals surface area contributed by atoms with Crippen molar-refractivity contribution < 1.29 is 26.0 Å². The number of alkyl halides is 3. The zero-order valence-electron chi connectivity index (χ0n) is 12.1. The minimum atomic E-state index is -4.57. The van der Waals surface area contributed by atoms with Crippen LogP contribution in [-0.2, 0) is 16.4 Å². The Labute approximate surface area is 134 Å². The average molecular weight is 364 g/mol. The van der Waals surface area contributed by atoms with Crippen molar-refractivity contribution in [3.63, 3.8) is 0 Å². The summed E-state index contributed by atoms with van der Waals surface area (Å²) < 4.78 is 75.8. The van der Waals surface area contributed by atoms with Crippen molar-refractivity contribution in [2.75, 3.05) is 0 Å². The van der Waals surface area contributed by atoms with E-state index in [9.17, 15) is 26.0 Å². The molecule has 0 atom stereocenters. The van der Waals surface area contributed by atoms with Gasteiger partial charge in [0.2, 0.25) is 10.0 Å². The third-order valence-corrected chi connectivity index (χ3v) is 4.38. The van der Waals surface area contributed by atoms with Gasteiger partial charge in [0.25, 0.3) is 0 Å². The predicted molar refractivity (Wildman–Crippen MR) is 74.4 cm³/mol.